The first-order chi connectivity index (χ1) is 4.72. The highest BCUT2D eigenvalue weighted by Crippen LogP contribution is 2.21. The smallest absolute Gasteiger partial charge is 0.152 e. The van der Waals surface area contributed by atoms with Crippen molar-refractivity contribution >= 4 is 6.29 Å². The number of nitrogens with zero attached hydrogens (tertiary/aromatic N) is 2. The molecular weight excluding hydrogens is 132 g/mol. The minimum Gasteiger partial charge on any atom is -0.301 e. The Morgan fingerprint density at radius 3 is 2.80 bits per heavy atom. The van der Waals surface area contributed by atoms with E-state index in [0.29, 0.717) is 12.8 Å². The van der Waals surface area contributed by atoms with E-state index in [1.807, 2.05) is 6.07 Å². The molecule has 0 amide bonds. The van der Waals surface area contributed by atoms with Gasteiger partial charge < -0.3 is 4.79 Å². The van der Waals surface area contributed by atoms with Crippen molar-refractivity contribution in [1.82, 2.24) is 5.06 Å². The molecule has 1 unspecified atom stereocenters. The SMILES string of the molecule is CN1CC(C#N)(C=O)CO1. The van der Waals surface area contributed by atoms with E-state index in [1.54, 1.807) is 7.05 Å². The molecule has 0 radical (unpaired) electrons. The molecule has 0 aromatic carbocycles. The summed E-state index contributed by atoms with van der Waals surface area (Å²) in [6.45, 7) is 0.552. The van der Waals surface area contributed by atoms with Gasteiger partial charge in [0.1, 0.15) is 6.29 Å². The van der Waals surface area contributed by atoms with Gasteiger partial charge in [-0.2, -0.15) is 10.3 Å². The second-order valence-electron chi connectivity index (χ2n) is 2.45. The zero-order valence-electron chi connectivity index (χ0n) is 5.70. The fourth-order valence-electron chi connectivity index (χ4n) is 0.879. The minimum atomic E-state index is -0.922. The van der Waals surface area contributed by atoms with E-state index in [2.05, 4.69) is 0 Å². The number of rotatable bonds is 1. The minimum absolute atomic E-state index is 0.184. The maximum absolute atomic E-state index is 10.4. The van der Waals surface area contributed by atoms with Crippen LogP contribution in [0.1, 0.15) is 0 Å². The van der Waals surface area contributed by atoms with Gasteiger partial charge in [0.2, 0.25) is 0 Å². The quantitative estimate of drug-likeness (QED) is 0.464. The molecular formula is C6H8N2O2. The van der Waals surface area contributed by atoms with Gasteiger partial charge in [-0.3, -0.25) is 4.84 Å². The standard InChI is InChI=1S/C6H8N2O2/c1-8-3-6(2-7,4-9)5-10-8/h4H,3,5H2,1H3. The van der Waals surface area contributed by atoms with E-state index in [0.717, 1.165) is 0 Å². The van der Waals surface area contributed by atoms with Crippen molar-refractivity contribution in [3.63, 3.8) is 0 Å². The third-order valence-electron chi connectivity index (χ3n) is 1.50. The summed E-state index contributed by atoms with van der Waals surface area (Å²) < 4.78 is 0. The maximum Gasteiger partial charge on any atom is 0.152 e. The molecule has 1 fully saturated rings. The van der Waals surface area contributed by atoms with Crippen LogP contribution in [0.25, 0.3) is 0 Å². The Hall–Kier alpha value is -0.920. The molecule has 0 aromatic heterocycles. The molecule has 0 saturated carbocycles. The number of hydrogen-bond acceptors (Lipinski definition) is 4. The van der Waals surface area contributed by atoms with Crippen molar-refractivity contribution in [3.8, 4) is 6.07 Å². The van der Waals surface area contributed by atoms with Crippen molar-refractivity contribution < 1.29 is 9.63 Å². The Morgan fingerprint density at radius 1 is 1.90 bits per heavy atom. The molecule has 0 N–H and O–H groups in total. The highest BCUT2D eigenvalue weighted by atomic mass is 16.7. The average Bonchev–Trinajstić information content (AvgIpc) is 2.33. The van der Waals surface area contributed by atoms with Crippen molar-refractivity contribution in [2.45, 2.75) is 0 Å². The largest absolute Gasteiger partial charge is 0.301 e. The Labute approximate surface area is 58.9 Å². The summed E-state index contributed by atoms with van der Waals surface area (Å²) in [7, 11) is 1.70. The Kier molecular flexibility index (Phi) is 1.70. The molecule has 0 aliphatic carbocycles. The van der Waals surface area contributed by atoms with Crippen molar-refractivity contribution in [1.29, 1.82) is 5.26 Å². The van der Waals surface area contributed by atoms with Crippen LogP contribution in [0.4, 0.5) is 0 Å². The Balaban J connectivity index is 2.71. The van der Waals surface area contributed by atoms with Gasteiger partial charge in [-0.05, 0) is 0 Å². The van der Waals surface area contributed by atoms with Crippen LogP contribution in [0.5, 0.6) is 0 Å². The van der Waals surface area contributed by atoms with Gasteiger partial charge >= 0.3 is 0 Å². The van der Waals surface area contributed by atoms with Crippen LogP contribution in [0.15, 0.2) is 0 Å². The summed E-state index contributed by atoms with van der Waals surface area (Å²) in [5, 5.41) is 10.0. The summed E-state index contributed by atoms with van der Waals surface area (Å²) in [5.74, 6) is 0. The van der Waals surface area contributed by atoms with E-state index in [-0.39, 0.29) is 6.61 Å². The van der Waals surface area contributed by atoms with Gasteiger partial charge in [0.05, 0.1) is 19.2 Å². The summed E-state index contributed by atoms with van der Waals surface area (Å²) >= 11 is 0. The van der Waals surface area contributed by atoms with Crippen LogP contribution < -0.4 is 0 Å². The van der Waals surface area contributed by atoms with E-state index in [4.69, 9.17) is 10.1 Å². The molecule has 1 atom stereocenters. The molecule has 4 heteroatoms. The number of carbonyl (C=O) groups excluding carboxylic acids is 1. The van der Waals surface area contributed by atoms with Crippen LogP contribution in [-0.4, -0.2) is 31.5 Å². The lowest BCUT2D eigenvalue weighted by molar-refractivity contribution is -0.113. The second-order valence-corrected chi connectivity index (χ2v) is 2.45. The lowest BCUT2D eigenvalue weighted by atomic mass is 9.94. The monoisotopic (exact) mass is 140 g/mol. The van der Waals surface area contributed by atoms with Gasteiger partial charge in [0.25, 0.3) is 0 Å². The van der Waals surface area contributed by atoms with Crippen LogP contribution in [-0.2, 0) is 9.63 Å². The topological polar surface area (TPSA) is 53.3 Å². The van der Waals surface area contributed by atoms with Crippen molar-refractivity contribution in [2.24, 2.45) is 5.41 Å². The lowest BCUT2D eigenvalue weighted by Gasteiger charge is -2.06. The molecule has 4 nitrogen and oxygen atoms in total. The maximum atomic E-state index is 10.4. The third kappa shape index (κ3) is 1.01. The summed E-state index contributed by atoms with van der Waals surface area (Å²) in [5.41, 5.74) is -0.922. The summed E-state index contributed by atoms with van der Waals surface area (Å²) in [6, 6.07) is 1.92. The van der Waals surface area contributed by atoms with E-state index >= 15 is 0 Å². The molecule has 0 bridgehead atoms. The number of aldehydes is 1. The van der Waals surface area contributed by atoms with Gasteiger partial charge in [-0.25, -0.2) is 0 Å². The van der Waals surface area contributed by atoms with Crippen LogP contribution >= 0.6 is 0 Å². The second kappa shape index (κ2) is 2.37. The van der Waals surface area contributed by atoms with Crippen LogP contribution in [0.2, 0.25) is 0 Å². The summed E-state index contributed by atoms with van der Waals surface area (Å²) in [4.78, 5) is 15.3. The molecule has 1 rings (SSSR count). The van der Waals surface area contributed by atoms with E-state index in [1.165, 1.54) is 5.06 Å². The first-order valence-corrected chi connectivity index (χ1v) is 2.94. The highest BCUT2D eigenvalue weighted by molar-refractivity contribution is 5.65. The molecule has 1 aliphatic rings. The van der Waals surface area contributed by atoms with Crippen LogP contribution in [0, 0.1) is 16.7 Å². The predicted molar refractivity (Wildman–Crippen MR) is 32.7 cm³/mol. The fraction of sp³-hybridized carbons (Fsp3) is 0.667. The Bertz CT molecular complexity index is 187. The molecule has 0 spiro atoms. The number of hydroxylamine groups is 2. The zero-order chi connectivity index (χ0) is 7.61. The normalized spacial score (nSPS) is 33.6. The highest BCUT2D eigenvalue weighted by Gasteiger charge is 2.38. The lowest BCUT2D eigenvalue weighted by Crippen LogP contribution is -2.26. The van der Waals surface area contributed by atoms with Gasteiger partial charge in [-0.15, -0.1) is 0 Å². The van der Waals surface area contributed by atoms with Gasteiger partial charge in [-0.1, -0.05) is 0 Å². The number of hydrogen-bond donors (Lipinski definition) is 0. The van der Waals surface area contributed by atoms with Gasteiger partial charge in [0.15, 0.2) is 5.41 Å². The number of nitriles is 1. The third-order valence-corrected chi connectivity index (χ3v) is 1.50. The molecule has 1 heterocycles. The van der Waals surface area contributed by atoms with Crippen molar-refractivity contribution in [2.75, 3.05) is 20.2 Å². The molecule has 1 aliphatic heterocycles. The van der Waals surface area contributed by atoms with E-state index in [9.17, 15) is 4.79 Å². The predicted octanol–water partition coefficient (Wildman–Crippen LogP) is -0.428. The fourth-order valence-corrected chi connectivity index (χ4v) is 0.879. The van der Waals surface area contributed by atoms with Crippen LogP contribution in [0.3, 0.4) is 0 Å². The first-order valence-electron chi connectivity index (χ1n) is 2.94. The molecule has 1 saturated heterocycles. The molecule has 10 heavy (non-hydrogen) atoms. The first kappa shape index (κ1) is 7.19. The Morgan fingerprint density at radius 2 is 2.60 bits per heavy atom. The summed E-state index contributed by atoms with van der Waals surface area (Å²) in [6.07, 6.45) is 0.649. The van der Waals surface area contributed by atoms with Gasteiger partial charge in [0, 0.05) is 7.05 Å². The van der Waals surface area contributed by atoms with Crippen molar-refractivity contribution in [3.05, 3.63) is 0 Å². The average molecular weight is 140 g/mol. The van der Waals surface area contributed by atoms with E-state index < -0.39 is 5.41 Å². The zero-order valence-corrected chi connectivity index (χ0v) is 5.70. The molecule has 0 aromatic rings. The molecule has 54 valence electrons. The number of carbonyl (C=O) groups is 1.